The molecule has 1 unspecified atom stereocenters. The first-order chi connectivity index (χ1) is 15.8. The monoisotopic (exact) mass is 463 g/mol. The van der Waals surface area contributed by atoms with Gasteiger partial charge in [-0.3, -0.25) is 14.6 Å². The molecule has 1 aromatic carbocycles. The highest BCUT2D eigenvalue weighted by Crippen LogP contribution is 2.32. The van der Waals surface area contributed by atoms with Crippen molar-refractivity contribution in [1.29, 1.82) is 0 Å². The third-order valence-corrected chi connectivity index (χ3v) is 6.36. The average molecular weight is 464 g/mol. The highest BCUT2D eigenvalue weighted by Gasteiger charge is 2.29. The van der Waals surface area contributed by atoms with E-state index in [1.165, 1.54) is 32.1 Å². The molecule has 0 bridgehead atoms. The summed E-state index contributed by atoms with van der Waals surface area (Å²) in [7, 11) is 0. The second-order valence-electron chi connectivity index (χ2n) is 8.50. The molecule has 0 radical (unpaired) electrons. The van der Waals surface area contributed by atoms with E-state index in [9.17, 15) is 4.79 Å². The summed E-state index contributed by atoms with van der Waals surface area (Å²) in [6.07, 6.45) is 6.84. The largest absolute Gasteiger partial charge is 0.486 e. The summed E-state index contributed by atoms with van der Waals surface area (Å²) >= 11 is 0. The van der Waals surface area contributed by atoms with Crippen LogP contribution >= 0.6 is 0 Å². The summed E-state index contributed by atoms with van der Waals surface area (Å²) in [5.41, 5.74) is 0.761. The Morgan fingerprint density at radius 1 is 0.939 bits per heavy atom. The first-order valence-electron chi connectivity index (χ1n) is 11.5. The van der Waals surface area contributed by atoms with Crippen LogP contribution in [0.15, 0.2) is 18.2 Å². The quantitative estimate of drug-likeness (QED) is 0.573. The minimum Gasteiger partial charge on any atom is -0.486 e. The van der Waals surface area contributed by atoms with E-state index in [0.29, 0.717) is 19.0 Å². The van der Waals surface area contributed by atoms with E-state index in [4.69, 9.17) is 29.3 Å². The van der Waals surface area contributed by atoms with Gasteiger partial charge < -0.3 is 25.0 Å². The van der Waals surface area contributed by atoms with Crippen molar-refractivity contribution in [2.75, 3.05) is 44.7 Å². The van der Waals surface area contributed by atoms with Gasteiger partial charge in [0, 0.05) is 44.0 Å². The SMILES string of the molecule is CC(C(=O)Nc1ccc2c(c1)OCCO2)N1CCN(C2CCCCC2)CC1.O=C(O)C(=O)O. The molecule has 1 aliphatic carbocycles. The first kappa shape index (κ1) is 24.8. The predicted octanol–water partition coefficient (Wildman–Crippen LogP) is 1.89. The summed E-state index contributed by atoms with van der Waals surface area (Å²) in [4.78, 5) is 35.9. The smallest absolute Gasteiger partial charge is 0.414 e. The number of hydrogen-bond donors (Lipinski definition) is 3. The third-order valence-electron chi connectivity index (χ3n) is 6.36. The van der Waals surface area contributed by atoms with Gasteiger partial charge in [0.25, 0.3) is 0 Å². The zero-order chi connectivity index (χ0) is 23.8. The molecule has 1 saturated heterocycles. The number of carboxylic acids is 2. The highest BCUT2D eigenvalue weighted by atomic mass is 16.6. The Labute approximate surface area is 193 Å². The van der Waals surface area contributed by atoms with Crippen molar-refractivity contribution in [3.8, 4) is 11.5 Å². The molecule has 10 nitrogen and oxygen atoms in total. The molecule has 1 amide bonds. The molecule has 4 rings (SSSR count). The zero-order valence-electron chi connectivity index (χ0n) is 19.0. The summed E-state index contributed by atoms with van der Waals surface area (Å²) in [5.74, 6) is -2.17. The van der Waals surface area contributed by atoms with Crippen LogP contribution in [0.2, 0.25) is 0 Å². The van der Waals surface area contributed by atoms with Crippen molar-refractivity contribution < 1.29 is 34.1 Å². The number of nitrogens with zero attached hydrogens (tertiary/aromatic N) is 2. The van der Waals surface area contributed by atoms with Crippen molar-refractivity contribution in [3.63, 3.8) is 0 Å². The summed E-state index contributed by atoms with van der Waals surface area (Å²) in [5, 5.41) is 17.8. The maximum Gasteiger partial charge on any atom is 0.414 e. The fourth-order valence-electron chi connectivity index (χ4n) is 4.47. The van der Waals surface area contributed by atoms with E-state index in [2.05, 4.69) is 15.1 Å². The van der Waals surface area contributed by atoms with Gasteiger partial charge in [-0.25, -0.2) is 9.59 Å². The summed E-state index contributed by atoms with van der Waals surface area (Å²) < 4.78 is 11.1. The van der Waals surface area contributed by atoms with Crippen molar-refractivity contribution in [2.24, 2.45) is 0 Å². The fraction of sp³-hybridized carbons (Fsp3) is 0.609. The Morgan fingerprint density at radius 3 is 2.15 bits per heavy atom. The number of carboxylic acid groups (broad SMARTS) is 2. The maximum absolute atomic E-state index is 12.7. The molecule has 1 atom stereocenters. The van der Waals surface area contributed by atoms with E-state index in [0.717, 1.165) is 43.7 Å². The van der Waals surface area contributed by atoms with E-state index < -0.39 is 11.9 Å². The molecular formula is C23H33N3O7. The van der Waals surface area contributed by atoms with Gasteiger partial charge in [-0.05, 0) is 31.9 Å². The van der Waals surface area contributed by atoms with Crippen LogP contribution in [0, 0.1) is 0 Å². The number of nitrogens with one attached hydrogen (secondary N) is 1. The van der Waals surface area contributed by atoms with E-state index in [-0.39, 0.29) is 11.9 Å². The number of carbonyl (C=O) groups is 3. The fourth-order valence-corrected chi connectivity index (χ4v) is 4.47. The lowest BCUT2D eigenvalue weighted by Crippen LogP contribution is -2.55. The molecule has 33 heavy (non-hydrogen) atoms. The number of amides is 1. The molecule has 1 saturated carbocycles. The zero-order valence-corrected chi connectivity index (χ0v) is 19.0. The van der Waals surface area contributed by atoms with Crippen molar-refractivity contribution in [1.82, 2.24) is 9.80 Å². The Balaban J connectivity index is 0.000000454. The molecule has 0 aromatic heterocycles. The first-order valence-corrected chi connectivity index (χ1v) is 11.5. The number of aliphatic carboxylic acids is 2. The van der Waals surface area contributed by atoms with Crippen LogP contribution in [0.1, 0.15) is 39.0 Å². The van der Waals surface area contributed by atoms with Crippen LogP contribution in [0.5, 0.6) is 11.5 Å². The number of ether oxygens (including phenoxy) is 2. The van der Waals surface area contributed by atoms with Gasteiger partial charge in [0.1, 0.15) is 13.2 Å². The molecule has 182 valence electrons. The third kappa shape index (κ3) is 7.06. The predicted molar refractivity (Wildman–Crippen MR) is 121 cm³/mol. The van der Waals surface area contributed by atoms with Crippen molar-refractivity contribution in [3.05, 3.63) is 18.2 Å². The number of rotatable bonds is 4. The lowest BCUT2D eigenvalue weighted by molar-refractivity contribution is -0.159. The molecule has 2 heterocycles. The number of anilines is 1. The van der Waals surface area contributed by atoms with Crippen molar-refractivity contribution in [2.45, 2.75) is 51.1 Å². The number of benzene rings is 1. The molecule has 3 aliphatic rings. The maximum atomic E-state index is 12.7. The topological polar surface area (TPSA) is 129 Å². The molecule has 3 N–H and O–H groups in total. The van der Waals surface area contributed by atoms with E-state index in [1.54, 1.807) is 0 Å². The van der Waals surface area contributed by atoms with Crippen LogP contribution in [0.25, 0.3) is 0 Å². The van der Waals surface area contributed by atoms with Gasteiger partial charge in [0.2, 0.25) is 5.91 Å². The van der Waals surface area contributed by atoms with E-state index in [1.807, 2.05) is 25.1 Å². The van der Waals surface area contributed by atoms with Crippen LogP contribution in [0.3, 0.4) is 0 Å². The lowest BCUT2D eigenvalue weighted by atomic mass is 9.94. The number of hydrogen-bond acceptors (Lipinski definition) is 7. The van der Waals surface area contributed by atoms with Crippen LogP contribution < -0.4 is 14.8 Å². The van der Waals surface area contributed by atoms with E-state index >= 15 is 0 Å². The average Bonchev–Trinajstić information content (AvgIpc) is 2.84. The molecule has 2 aliphatic heterocycles. The summed E-state index contributed by atoms with van der Waals surface area (Å²) in [6.45, 7) is 7.20. The Hall–Kier alpha value is -2.85. The normalized spacial score (nSPS) is 20.2. The van der Waals surface area contributed by atoms with Crippen molar-refractivity contribution >= 4 is 23.5 Å². The number of fused-ring (bicyclic) bond motifs is 1. The van der Waals surface area contributed by atoms with Gasteiger partial charge in [0.15, 0.2) is 11.5 Å². The second-order valence-corrected chi connectivity index (χ2v) is 8.50. The van der Waals surface area contributed by atoms with Gasteiger partial charge >= 0.3 is 11.9 Å². The van der Waals surface area contributed by atoms with Gasteiger partial charge in [-0.15, -0.1) is 0 Å². The van der Waals surface area contributed by atoms with Gasteiger partial charge in [-0.1, -0.05) is 19.3 Å². The highest BCUT2D eigenvalue weighted by molar-refractivity contribution is 6.27. The number of carbonyl (C=O) groups excluding carboxylic acids is 1. The molecule has 10 heteroatoms. The lowest BCUT2D eigenvalue weighted by Gasteiger charge is -2.42. The minimum atomic E-state index is -1.82. The minimum absolute atomic E-state index is 0.0396. The van der Waals surface area contributed by atoms with Gasteiger partial charge in [-0.2, -0.15) is 0 Å². The Kier molecular flexibility index (Phi) is 8.90. The molecule has 0 spiro atoms. The standard InChI is InChI=1S/C21H31N3O3.C2H2O4/c1-16(23-9-11-24(12-10-23)18-5-3-2-4-6-18)21(25)22-17-7-8-19-20(15-17)27-14-13-26-19;3-1(4)2(5)6/h7-8,15-16,18H,2-6,9-14H2,1H3,(H,22,25);(H,3,4)(H,5,6). The second kappa shape index (κ2) is 11.9. The van der Waals surface area contributed by atoms with Crippen LogP contribution in [-0.2, 0) is 14.4 Å². The van der Waals surface area contributed by atoms with Crippen LogP contribution in [-0.4, -0.2) is 89.3 Å². The Bertz CT molecular complexity index is 821. The summed E-state index contributed by atoms with van der Waals surface area (Å²) in [6, 6.07) is 6.21. The number of piperazine rings is 1. The van der Waals surface area contributed by atoms with Crippen LogP contribution in [0.4, 0.5) is 5.69 Å². The Morgan fingerprint density at radius 2 is 1.55 bits per heavy atom. The molecule has 1 aromatic rings. The van der Waals surface area contributed by atoms with Gasteiger partial charge in [0.05, 0.1) is 6.04 Å². The molecule has 2 fully saturated rings. The molecular weight excluding hydrogens is 430 g/mol.